The van der Waals surface area contributed by atoms with Gasteiger partial charge in [-0.2, -0.15) is 4.57 Å². The lowest BCUT2D eigenvalue weighted by molar-refractivity contribution is 0.301. The zero-order valence-corrected chi connectivity index (χ0v) is 39.7. The molecule has 0 unspecified atom stereocenters. The first-order chi connectivity index (χ1) is 21.0. The standard InChI is InChI=1S/C36H63O4PSi6/c1-42(2,3)31-25-19-22-28(34(31)45(10,11)12)38-41(37,39-29-23-20-26-32(43(4,5)6)35(29)46(13,14)15)40-30-24-21-27-33(44(7,8)9)36(30)47(16,17)18/h19-27H,1-18H3. The summed E-state index contributed by atoms with van der Waals surface area (Å²) < 4.78 is 36.1. The molecule has 0 aromatic heterocycles. The van der Waals surface area contributed by atoms with Crippen molar-refractivity contribution in [2.45, 2.75) is 118 Å². The van der Waals surface area contributed by atoms with Crippen molar-refractivity contribution in [1.29, 1.82) is 0 Å². The Morgan fingerprint density at radius 2 is 0.574 bits per heavy atom. The summed E-state index contributed by atoms with van der Waals surface area (Å²) in [6.45, 7) is 42.4. The van der Waals surface area contributed by atoms with Gasteiger partial charge in [0.2, 0.25) is 0 Å². The van der Waals surface area contributed by atoms with Crippen LogP contribution in [0.2, 0.25) is 118 Å². The van der Waals surface area contributed by atoms with Gasteiger partial charge in [-0.25, -0.2) is 0 Å². The van der Waals surface area contributed by atoms with Crippen LogP contribution in [0.5, 0.6) is 17.2 Å². The summed E-state index contributed by atoms with van der Waals surface area (Å²) in [6, 6.07) is 18.8. The van der Waals surface area contributed by atoms with Crippen LogP contribution in [-0.2, 0) is 4.57 Å². The number of phosphoric acid groups is 1. The van der Waals surface area contributed by atoms with E-state index in [-0.39, 0.29) is 0 Å². The highest BCUT2D eigenvalue weighted by Gasteiger charge is 2.42. The van der Waals surface area contributed by atoms with Crippen molar-refractivity contribution in [3.8, 4) is 17.2 Å². The summed E-state index contributed by atoms with van der Waals surface area (Å²) in [7, 11) is -15.5. The predicted molar refractivity (Wildman–Crippen MR) is 227 cm³/mol. The molecular formula is C36H63O4PSi6. The molecule has 47 heavy (non-hydrogen) atoms. The van der Waals surface area contributed by atoms with Gasteiger partial charge in [0, 0.05) is 0 Å². The Hall–Kier alpha value is -1.41. The van der Waals surface area contributed by atoms with Crippen molar-refractivity contribution in [3.63, 3.8) is 0 Å². The largest absolute Gasteiger partial charge is 0.647 e. The predicted octanol–water partition coefficient (Wildman–Crippen LogP) is 8.60. The van der Waals surface area contributed by atoms with Crippen LogP contribution in [-0.4, -0.2) is 48.4 Å². The summed E-state index contributed by atoms with van der Waals surface area (Å²) >= 11 is 0. The molecule has 4 nitrogen and oxygen atoms in total. The molecule has 0 radical (unpaired) electrons. The van der Waals surface area contributed by atoms with E-state index in [0.717, 1.165) is 0 Å². The Bertz CT molecular complexity index is 1450. The summed E-state index contributed by atoms with van der Waals surface area (Å²) in [5, 5.41) is 7.71. The molecule has 0 aliphatic rings. The van der Waals surface area contributed by atoms with Crippen molar-refractivity contribution in [1.82, 2.24) is 0 Å². The van der Waals surface area contributed by atoms with E-state index in [1.807, 2.05) is 18.2 Å². The van der Waals surface area contributed by atoms with E-state index in [0.29, 0.717) is 17.2 Å². The first-order valence-corrected chi connectivity index (χ1v) is 39.5. The monoisotopic (exact) mass is 758 g/mol. The van der Waals surface area contributed by atoms with Crippen LogP contribution in [0.15, 0.2) is 54.6 Å². The number of phosphoric ester groups is 1. The van der Waals surface area contributed by atoms with Crippen molar-refractivity contribution in [3.05, 3.63) is 54.6 Å². The molecule has 0 aliphatic heterocycles. The maximum absolute atomic E-state index is 15.7. The first-order valence-electron chi connectivity index (χ1n) is 17.1. The minimum atomic E-state index is -4.28. The molecule has 0 saturated heterocycles. The third-order valence-corrected chi connectivity index (χ3v) is 22.5. The van der Waals surface area contributed by atoms with Gasteiger partial charge in [-0.05, 0) is 33.8 Å². The number of benzene rings is 3. The summed E-state index contributed by atoms with van der Waals surface area (Å²) in [4.78, 5) is 0. The van der Waals surface area contributed by atoms with Gasteiger partial charge in [0.05, 0.1) is 48.4 Å². The molecule has 0 saturated carbocycles. The van der Waals surface area contributed by atoms with Crippen molar-refractivity contribution in [2.75, 3.05) is 0 Å². The molecule has 0 bridgehead atoms. The molecule has 3 aromatic rings. The SMILES string of the molecule is C[Si](C)(C)c1cccc(OP(=O)(Oc2cccc([Si](C)(C)C)c2[Si](C)(C)C)Oc2cccc([Si](C)(C)C)c2[Si](C)(C)C)c1[Si](C)(C)C. The summed E-state index contributed by atoms with van der Waals surface area (Å²) in [5.74, 6) is 1.91. The third-order valence-electron chi connectivity index (χ3n) is 8.38. The van der Waals surface area contributed by atoms with Gasteiger partial charge in [0.25, 0.3) is 0 Å². The Labute approximate surface area is 293 Å². The average Bonchev–Trinajstić information content (AvgIpc) is 2.84. The van der Waals surface area contributed by atoms with Gasteiger partial charge in [0.1, 0.15) is 17.2 Å². The molecule has 0 N–H and O–H groups in total. The van der Waals surface area contributed by atoms with Crippen LogP contribution in [0.1, 0.15) is 0 Å². The van der Waals surface area contributed by atoms with Crippen LogP contribution in [0.25, 0.3) is 0 Å². The molecule has 0 aliphatic carbocycles. The van der Waals surface area contributed by atoms with Gasteiger partial charge in [-0.3, -0.25) is 0 Å². The van der Waals surface area contributed by atoms with Crippen LogP contribution in [0.3, 0.4) is 0 Å². The highest BCUT2D eigenvalue weighted by atomic mass is 31.2. The molecule has 11 heteroatoms. The fraction of sp³-hybridized carbons (Fsp3) is 0.500. The molecular weight excluding hydrogens is 696 g/mol. The van der Waals surface area contributed by atoms with Gasteiger partial charge in [0.15, 0.2) is 0 Å². The van der Waals surface area contributed by atoms with E-state index in [1.54, 1.807) is 0 Å². The summed E-state index contributed by atoms with van der Waals surface area (Å²) in [5.41, 5.74) is 0. The third kappa shape index (κ3) is 9.64. The zero-order valence-electron chi connectivity index (χ0n) is 32.8. The second-order valence-corrected chi connectivity index (χ2v) is 50.8. The number of hydrogen-bond donors (Lipinski definition) is 0. The Morgan fingerprint density at radius 3 is 0.745 bits per heavy atom. The molecule has 3 rings (SSSR count). The van der Waals surface area contributed by atoms with Crippen LogP contribution >= 0.6 is 7.82 Å². The van der Waals surface area contributed by atoms with E-state index >= 15 is 4.57 Å². The molecule has 0 atom stereocenters. The lowest BCUT2D eigenvalue weighted by Gasteiger charge is -2.34. The molecule has 0 amide bonds. The molecule has 0 fully saturated rings. The van der Waals surface area contributed by atoms with Crippen molar-refractivity contribution >= 4 is 87.4 Å². The second-order valence-electron chi connectivity index (χ2n) is 19.3. The highest BCUT2D eigenvalue weighted by Crippen LogP contribution is 2.49. The molecule has 0 heterocycles. The highest BCUT2D eigenvalue weighted by molar-refractivity contribution is 7.50. The maximum atomic E-state index is 15.7. The smallest absolute Gasteiger partial charge is 0.386 e. The Morgan fingerprint density at radius 1 is 0.362 bits per heavy atom. The zero-order chi connectivity index (χ0) is 36.2. The van der Waals surface area contributed by atoms with Gasteiger partial charge >= 0.3 is 7.82 Å². The van der Waals surface area contributed by atoms with E-state index in [1.165, 1.54) is 31.1 Å². The average molecular weight is 759 g/mol. The first kappa shape index (κ1) is 40.0. The van der Waals surface area contributed by atoms with Crippen molar-refractivity contribution < 1.29 is 18.1 Å². The van der Waals surface area contributed by atoms with E-state index in [9.17, 15) is 0 Å². The second kappa shape index (κ2) is 13.4. The molecule has 260 valence electrons. The lowest BCUT2D eigenvalue weighted by atomic mass is 10.3. The molecule has 0 spiro atoms. The fourth-order valence-corrected chi connectivity index (χ4v) is 24.4. The Balaban J connectivity index is 2.42. The normalized spacial score (nSPS) is 13.8. The van der Waals surface area contributed by atoms with Crippen LogP contribution < -0.4 is 44.7 Å². The van der Waals surface area contributed by atoms with E-state index < -0.39 is 56.3 Å². The maximum Gasteiger partial charge on any atom is 0.647 e. The fourth-order valence-electron chi connectivity index (χ4n) is 6.43. The number of rotatable bonds is 12. The topological polar surface area (TPSA) is 44.8 Å². The Kier molecular flexibility index (Phi) is 11.4. The summed E-state index contributed by atoms with van der Waals surface area (Å²) in [6.07, 6.45) is 0. The van der Waals surface area contributed by atoms with Gasteiger partial charge in [-0.1, -0.05) is 170 Å². The van der Waals surface area contributed by atoms with Gasteiger partial charge < -0.3 is 13.6 Å². The van der Waals surface area contributed by atoms with Crippen LogP contribution in [0.4, 0.5) is 0 Å². The minimum absolute atomic E-state index is 0.638. The van der Waals surface area contributed by atoms with E-state index in [4.69, 9.17) is 13.6 Å². The molecule has 3 aromatic carbocycles. The lowest BCUT2D eigenvalue weighted by Crippen LogP contribution is -2.57. The van der Waals surface area contributed by atoms with E-state index in [2.05, 4.69) is 154 Å². The number of hydrogen-bond acceptors (Lipinski definition) is 4. The van der Waals surface area contributed by atoms with Gasteiger partial charge in [-0.15, -0.1) is 0 Å². The quantitative estimate of drug-likeness (QED) is 0.137. The minimum Gasteiger partial charge on any atom is -0.386 e. The van der Waals surface area contributed by atoms with Crippen LogP contribution in [0, 0.1) is 0 Å². The van der Waals surface area contributed by atoms with Crippen molar-refractivity contribution in [2.24, 2.45) is 0 Å².